The summed E-state index contributed by atoms with van der Waals surface area (Å²) in [6.07, 6.45) is 5.31. The summed E-state index contributed by atoms with van der Waals surface area (Å²) in [5, 5.41) is 1.39. The fourth-order valence-corrected chi connectivity index (χ4v) is 5.33. The monoisotopic (exact) mass is 293 g/mol. The van der Waals surface area contributed by atoms with Gasteiger partial charge in [0.25, 0.3) is 0 Å². The zero-order valence-corrected chi connectivity index (χ0v) is 14.3. The van der Waals surface area contributed by atoms with Crippen LogP contribution in [0.1, 0.15) is 56.9 Å². The largest absolute Gasteiger partial charge is 0.253 e. The van der Waals surface area contributed by atoms with Gasteiger partial charge in [0.15, 0.2) is 0 Å². The van der Waals surface area contributed by atoms with E-state index in [-0.39, 0.29) is 0 Å². The Bertz CT molecular complexity index is 732. The maximum Gasteiger partial charge on any atom is 0.0708 e. The highest BCUT2D eigenvalue weighted by Gasteiger charge is 2.63. The van der Waals surface area contributed by atoms with E-state index in [0.29, 0.717) is 5.41 Å². The summed E-state index contributed by atoms with van der Waals surface area (Å²) in [4.78, 5) is 4.74. The predicted octanol–water partition coefficient (Wildman–Crippen LogP) is 5.43. The lowest BCUT2D eigenvalue weighted by Gasteiger charge is -2.28. The van der Waals surface area contributed by atoms with Crippen LogP contribution in [0.5, 0.6) is 0 Å². The number of fused-ring (bicyclic) bond motifs is 2. The van der Waals surface area contributed by atoms with E-state index < -0.39 is 0 Å². The summed E-state index contributed by atoms with van der Waals surface area (Å²) in [5.74, 6) is 2.65. The van der Waals surface area contributed by atoms with Crippen molar-refractivity contribution in [3.63, 3.8) is 0 Å². The molecule has 4 rings (SSSR count). The van der Waals surface area contributed by atoms with Gasteiger partial charge >= 0.3 is 0 Å². The van der Waals surface area contributed by atoms with Crippen LogP contribution in [0.3, 0.4) is 0 Å². The Hall–Kier alpha value is -1.37. The number of aryl methyl sites for hydroxylation is 2. The third kappa shape index (κ3) is 1.87. The maximum absolute atomic E-state index is 4.74. The second kappa shape index (κ2) is 4.81. The third-order valence-corrected chi connectivity index (χ3v) is 6.57. The predicted molar refractivity (Wildman–Crippen MR) is 93.2 cm³/mol. The third-order valence-electron chi connectivity index (χ3n) is 6.57. The highest BCUT2D eigenvalue weighted by atomic mass is 14.7. The second-order valence-electron chi connectivity index (χ2n) is 7.83. The lowest BCUT2D eigenvalue weighted by Crippen LogP contribution is -2.20. The van der Waals surface area contributed by atoms with Crippen LogP contribution in [0.15, 0.2) is 24.3 Å². The molecule has 1 heterocycles. The molecule has 1 heteroatoms. The molecule has 1 aromatic heterocycles. The topological polar surface area (TPSA) is 12.9 Å². The van der Waals surface area contributed by atoms with E-state index in [9.17, 15) is 0 Å². The number of hydrogen-bond acceptors (Lipinski definition) is 1. The first kappa shape index (κ1) is 14.2. The molecule has 1 aromatic carbocycles. The molecule has 22 heavy (non-hydrogen) atoms. The molecule has 2 fully saturated rings. The van der Waals surface area contributed by atoms with Gasteiger partial charge in [0.1, 0.15) is 0 Å². The van der Waals surface area contributed by atoms with Crippen molar-refractivity contribution in [1.29, 1.82) is 0 Å². The minimum Gasteiger partial charge on any atom is -0.253 e. The van der Waals surface area contributed by atoms with Crippen molar-refractivity contribution >= 4 is 10.9 Å². The molecular weight excluding hydrogens is 266 g/mol. The van der Waals surface area contributed by atoms with E-state index in [2.05, 4.69) is 52.0 Å². The van der Waals surface area contributed by atoms with Crippen molar-refractivity contribution in [3.05, 3.63) is 41.1 Å². The summed E-state index contributed by atoms with van der Waals surface area (Å²) in [5.41, 5.74) is 5.82. The van der Waals surface area contributed by atoms with Crippen LogP contribution in [0.25, 0.3) is 10.9 Å². The molecule has 0 radical (unpaired) electrons. The average molecular weight is 293 g/mol. The molecule has 4 unspecified atom stereocenters. The van der Waals surface area contributed by atoms with Gasteiger partial charge < -0.3 is 0 Å². The Morgan fingerprint density at radius 1 is 1.18 bits per heavy atom. The summed E-state index contributed by atoms with van der Waals surface area (Å²) >= 11 is 0. The number of benzene rings is 1. The molecule has 0 amide bonds. The average Bonchev–Trinajstić information content (AvgIpc) is 3.11. The smallest absolute Gasteiger partial charge is 0.0708 e. The molecule has 2 aliphatic rings. The van der Waals surface area contributed by atoms with Gasteiger partial charge in [0.2, 0.25) is 0 Å². The SMILES string of the molecule is CCc1cc(C)nc2ccc(C34CC(C)CCC3C4C)cc12. The van der Waals surface area contributed by atoms with Gasteiger partial charge in [-0.05, 0) is 73.3 Å². The van der Waals surface area contributed by atoms with Gasteiger partial charge in [-0.25, -0.2) is 0 Å². The normalized spacial score (nSPS) is 33.7. The number of rotatable bonds is 2. The van der Waals surface area contributed by atoms with Gasteiger partial charge in [0.05, 0.1) is 5.52 Å². The summed E-state index contributed by atoms with van der Waals surface area (Å²) in [7, 11) is 0. The van der Waals surface area contributed by atoms with Gasteiger partial charge in [0, 0.05) is 16.5 Å². The minimum atomic E-state index is 0.474. The molecular formula is C21H27N. The Morgan fingerprint density at radius 3 is 2.77 bits per heavy atom. The maximum atomic E-state index is 4.74. The molecule has 2 aromatic rings. The first-order chi connectivity index (χ1) is 10.6. The molecule has 0 aliphatic heterocycles. The van der Waals surface area contributed by atoms with Crippen LogP contribution in [0, 0.1) is 24.7 Å². The molecule has 2 saturated carbocycles. The molecule has 0 saturated heterocycles. The van der Waals surface area contributed by atoms with E-state index in [1.54, 1.807) is 5.56 Å². The highest BCUT2D eigenvalue weighted by Crippen LogP contribution is 2.67. The number of aromatic nitrogens is 1. The summed E-state index contributed by atoms with van der Waals surface area (Å²) in [6.45, 7) is 9.27. The van der Waals surface area contributed by atoms with Crippen molar-refractivity contribution < 1.29 is 0 Å². The van der Waals surface area contributed by atoms with Crippen LogP contribution in [-0.2, 0) is 11.8 Å². The van der Waals surface area contributed by atoms with Gasteiger partial charge in [-0.2, -0.15) is 0 Å². The lowest BCUT2D eigenvalue weighted by molar-refractivity contribution is 0.331. The molecule has 0 spiro atoms. The molecule has 1 nitrogen and oxygen atoms in total. The van der Waals surface area contributed by atoms with Crippen LogP contribution < -0.4 is 0 Å². The highest BCUT2D eigenvalue weighted by molar-refractivity contribution is 5.83. The Balaban J connectivity index is 1.85. The van der Waals surface area contributed by atoms with Crippen LogP contribution in [0.4, 0.5) is 0 Å². The number of nitrogens with zero attached hydrogens (tertiary/aromatic N) is 1. The Kier molecular flexibility index (Phi) is 3.11. The Labute approximate surface area is 134 Å². The minimum absolute atomic E-state index is 0.474. The lowest BCUT2D eigenvalue weighted by atomic mass is 9.77. The van der Waals surface area contributed by atoms with Gasteiger partial charge in [-0.3, -0.25) is 4.98 Å². The first-order valence-corrected chi connectivity index (χ1v) is 8.97. The first-order valence-electron chi connectivity index (χ1n) is 8.97. The standard InChI is InChI=1S/C21H27N/c1-5-16-10-14(3)22-20-9-7-17(11-18(16)20)21-12-13(2)6-8-19(21)15(21)4/h7,9-11,13,15,19H,5-6,8,12H2,1-4H3. The van der Waals surface area contributed by atoms with Crippen LogP contribution in [0.2, 0.25) is 0 Å². The molecule has 0 bridgehead atoms. The number of pyridine rings is 1. The van der Waals surface area contributed by atoms with Crippen molar-refractivity contribution in [1.82, 2.24) is 4.98 Å². The Morgan fingerprint density at radius 2 is 2.00 bits per heavy atom. The zero-order chi connectivity index (χ0) is 15.5. The summed E-state index contributed by atoms with van der Waals surface area (Å²) in [6, 6.07) is 9.39. The van der Waals surface area contributed by atoms with E-state index >= 15 is 0 Å². The quantitative estimate of drug-likeness (QED) is 0.719. The molecule has 2 aliphatic carbocycles. The fraction of sp³-hybridized carbons (Fsp3) is 0.571. The summed E-state index contributed by atoms with van der Waals surface area (Å²) < 4.78 is 0. The van der Waals surface area contributed by atoms with E-state index in [4.69, 9.17) is 4.98 Å². The van der Waals surface area contributed by atoms with E-state index in [1.807, 2.05) is 0 Å². The van der Waals surface area contributed by atoms with Crippen LogP contribution >= 0.6 is 0 Å². The molecule has 0 N–H and O–H groups in total. The zero-order valence-electron chi connectivity index (χ0n) is 14.3. The molecule has 4 atom stereocenters. The van der Waals surface area contributed by atoms with Gasteiger partial charge in [-0.1, -0.05) is 33.3 Å². The fourth-order valence-electron chi connectivity index (χ4n) is 5.33. The number of hydrogen-bond donors (Lipinski definition) is 0. The van der Waals surface area contributed by atoms with E-state index in [0.717, 1.165) is 29.9 Å². The van der Waals surface area contributed by atoms with Crippen LogP contribution in [-0.4, -0.2) is 4.98 Å². The van der Waals surface area contributed by atoms with Gasteiger partial charge in [-0.15, -0.1) is 0 Å². The van der Waals surface area contributed by atoms with Crippen molar-refractivity contribution in [3.8, 4) is 0 Å². The van der Waals surface area contributed by atoms with E-state index in [1.165, 1.54) is 35.7 Å². The second-order valence-corrected chi connectivity index (χ2v) is 7.83. The molecule has 116 valence electrons. The van der Waals surface area contributed by atoms with Crippen molar-refractivity contribution in [2.24, 2.45) is 17.8 Å². The van der Waals surface area contributed by atoms with Crippen molar-refractivity contribution in [2.45, 2.75) is 58.8 Å². The van der Waals surface area contributed by atoms with Crippen molar-refractivity contribution in [2.75, 3.05) is 0 Å².